The summed E-state index contributed by atoms with van der Waals surface area (Å²) in [5.41, 5.74) is 1.72. The fraction of sp³-hybridized carbons (Fsp3) is 0.0769. The average molecular weight is 232 g/mol. The molecule has 0 saturated carbocycles. The summed E-state index contributed by atoms with van der Waals surface area (Å²) in [4.78, 5) is 1.74. The third-order valence-corrected chi connectivity index (χ3v) is 4.01. The molecular formula is C13H9FOS. The molecule has 0 aliphatic carbocycles. The molecule has 0 spiro atoms. The molecule has 0 amide bonds. The molecule has 0 bridgehead atoms. The smallest absolute Gasteiger partial charge is 0.129 e. The Bertz CT molecular complexity index is 516. The first-order chi connectivity index (χ1) is 7.75. The van der Waals surface area contributed by atoms with Crippen molar-refractivity contribution in [3.63, 3.8) is 0 Å². The van der Waals surface area contributed by atoms with Gasteiger partial charge in [0.05, 0.1) is 4.90 Å². The molecule has 80 valence electrons. The highest BCUT2D eigenvalue weighted by Gasteiger charge is 2.21. The summed E-state index contributed by atoms with van der Waals surface area (Å²) in [6, 6.07) is 10.6. The van der Waals surface area contributed by atoms with Crippen molar-refractivity contribution in [2.75, 3.05) is 0 Å². The highest BCUT2D eigenvalue weighted by Crippen LogP contribution is 2.44. The molecule has 3 rings (SSSR count). The number of phenolic OH excluding ortho intramolecular Hbond substituents is 1. The third-order valence-electron chi connectivity index (χ3n) is 2.73. The summed E-state index contributed by atoms with van der Waals surface area (Å²) in [6.45, 7) is 0. The second-order valence-corrected chi connectivity index (χ2v) is 4.81. The molecule has 1 aliphatic rings. The Morgan fingerprint density at radius 2 is 1.94 bits per heavy atom. The second kappa shape index (κ2) is 3.52. The maximum absolute atomic E-state index is 13.6. The van der Waals surface area contributed by atoms with E-state index in [-0.39, 0.29) is 11.6 Å². The van der Waals surface area contributed by atoms with Crippen LogP contribution >= 0.6 is 11.8 Å². The van der Waals surface area contributed by atoms with E-state index in [1.165, 1.54) is 23.9 Å². The SMILES string of the molecule is Oc1ccc(F)c2c1Sc1ccccc1C2. The Hall–Kier alpha value is -1.48. The summed E-state index contributed by atoms with van der Waals surface area (Å²) in [5, 5.41) is 9.72. The normalized spacial score (nSPS) is 13.1. The lowest BCUT2D eigenvalue weighted by molar-refractivity contribution is 0.456. The maximum Gasteiger partial charge on any atom is 0.129 e. The lowest BCUT2D eigenvalue weighted by Crippen LogP contribution is -2.02. The van der Waals surface area contributed by atoms with Crippen LogP contribution < -0.4 is 0 Å². The number of aromatic hydroxyl groups is 1. The standard InChI is InChI=1S/C13H9FOS/c14-10-5-6-11(15)13-9(10)7-8-3-1-2-4-12(8)16-13/h1-6,15H,7H2. The molecule has 16 heavy (non-hydrogen) atoms. The van der Waals surface area contributed by atoms with Gasteiger partial charge in [0.2, 0.25) is 0 Å². The summed E-state index contributed by atoms with van der Waals surface area (Å²) in [5.74, 6) is -0.0780. The molecule has 0 radical (unpaired) electrons. The molecule has 1 heterocycles. The molecule has 0 saturated heterocycles. The number of hydrogen-bond acceptors (Lipinski definition) is 2. The first kappa shape index (κ1) is 9.73. The molecule has 1 aliphatic heterocycles. The van der Waals surface area contributed by atoms with E-state index >= 15 is 0 Å². The Morgan fingerprint density at radius 3 is 2.81 bits per heavy atom. The van der Waals surface area contributed by atoms with Crippen LogP contribution in [-0.4, -0.2) is 5.11 Å². The zero-order valence-electron chi connectivity index (χ0n) is 8.40. The van der Waals surface area contributed by atoms with Gasteiger partial charge in [-0.15, -0.1) is 0 Å². The number of rotatable bonds is 0. The van der Waals surface area contributed by atoms with Gasteiger partial charge in [-0.2, -0.15) is 0 Å². The predicted octanol–water partition coefficient (Wildman–Crippen LogP) is 3.59. The van der Waals surface area contributed by atoms with Crippen LogP contribution in [0.1, 0.15) is 11.1 Å². The molecule has 0 fully saturated rings. The van der Waals surface area contributed by atoms with E-state index in [2.05, 4.69) is 0 Å². The third kappa shape index (κ3) is 1.39. The Morgan fingerprint density at radius 1 is 1.12 bits per heavy atom. The number of fused-ring (bicyclic) bond motifs is 2. The summed E-state index contributed by atoms with van der Waals surface area (Å²) in [7, 11) is 0. The molecule has 1 N–H and O–H groups in total. The van der Waals surface area contributed by atoms with E-state index in [4.69, 9.17) is 0 Å². The van der Waals surface area contributed by atoms with Crippen LogP contribution in [0.4, 0.5) is 4.39 Å². The quantitative estimate of drug-likeness (QED) is 0.639. The van der Waals surface area contributed by atoms with Crippen LogP contribution in [-0.2, 0) is 6.42 Å². The Balaban J connectivity index is 2.19. The van der Waals surface area contributed by atoms with Crippen molar-refractivity contribution in [1.82, 2.24) is 0 Å². The van der Waals surface area contributed by atoms with Gasteiger partial charge in [0.25, 0.3) is 0 Å². The van der Waals surface area contributed by atoms with Gasteiger partial charge in [0, 0.05) is 16.9 Å². The molecule has 2 aromatic rings. The first-order valence-electron chi connectivity index (χ1n) is 5.02. The van der Waals surface area contributed by atoms with Crippen molar-refractivity contribution < 1.29 is 9.50 Å². The van der Waals surface area contributed by atoms with Crippen molar-refractivity contribution in [1.29, 1.82) is 0 Å². The van der Waals surface area contributed by atoms with Gasteiger partial charge < -0.3 is 5.11 Å². The van der Waals surface area contributed by atoms with Gasteiger partial charge in [0.1, 0.15) is 11.6 Å². The number of halogens is 1. The monoisotopic (exact) mass is 232 g/mol. The minimum Gasteiger partial charge on any atom is -0.507 e. The van der Waals surface area contributed by atoms with Crippen molar-refractivity contribution in [3.05, 3.63) is 53.3 Å². The fourth-order valence-corrected chi connectivity index (χ4v) is 3.02. The zero-order chi connectivity index (χ0) is 11.1. The van der Waals surface area contributed by atoms with Crippen LogP contribution in [0.25, 0.3) is 0 Å². The van der Waals surface area contributed by atoms with Crippen LogP contribution in [0.2, 0.25) is 0 Å². The largest absolute Gasteiger partial charge is 0.507 e. The predicted molar refractivity (Wildman–Crippen MR) is 61.4 cm³/mol. The summed E-state index contributed by atoms with van der Waals surface area (Å²) >= 11 is 1.43. The first-order valence-corrected chi connectivity index (χ1v) is 5.83. The Labute approximate surface area is 96.9 Å². The van der Waals surface area contributed by atoms with Gasteiger partial charge in [-0.05, 0) is 23.8 Å². The van der Waals surface area contributed by atoms with Crippen LogP contribution in [0.15, 0.2) is 46.2 Å². The van der Waals surface area contributed by atoms with E-state index in [0.29, 0.717) is 16.9 Å². The molecule has 3 heteroatoms. The highest BCUT2D eigenvalue weighted by molar-refractivity contribution is 7.99. The lowest BCUT2D eigenvalue weighted by Gasteiger charge is -2.19. The topological polar surface area (TPSA) is 20.2 Å². The van der Waals surface area contributed by atoms with Crippen molar-refractivity contribution in [2.24, 2.45) is 0 Å². The lowest BCUT2D eigenvalue weighted by atomic mass is 10.0. The number of hydrogen-bond donors (Lipinski definition) is 1. The average Bonchev–Trinajstić information content (AvgIpc) is 2.32. The molecular weight excluding hydrogens is 223 g/mol. The molecule has 0 atom stereocenters. The highest BCUT2D eigenvalue weighted by atomic mass is 32.2. The van der Waals surface area contributed by atoms with E-state index in [1.54, 1.807) is 0 Å². The van der Waals surface area contributed by atoms with Gasteiger partial charge in [-0.25, -0.2) is 4.39 Å². The minimum absolute atomic E-state index is 0.163. The molecule has 0 aromatic heterocycles. The zero-order valence-corrected chi connectivity index (χ0v) is 9.22. The van der Waals surface area contributed by atoms with Gasteiger partial charge in [-0.1, -0.05) is 30.0 Å². The minimum atomic E-state index is -0.241. The summed E-state index contributed by atoms with van der Waals surface area (Å²) < 4.78 is 13.6. The number of phenols is 1. The fourth-order valence-electron chi connectivity index (χ4n) is 1.92. The van der Waals surface area contributed by atoms with Crippen molar-refractivity contribution in [3.8, 4) is 5.75 Å². The molecule has 1 nitrogen and oxygen atoms in total. The Kier molecular flexibility index (Phi) is 2.14. The van der Waals surface area contributed by atoms with Gasteiger partial charge in [-0.3, -0.25) is 0 Å². The van der Waals surface area contributed by atoms with E-state index in [1.807, 2.05) is 24.3 Å². The maximum atomic E-state index is 13.6. The van der Waals surface area contributed by atoms with E-state index < -0.39 is 0 Å². The number of benzene rings is 2. The van der Waals surface area contributed by atoms with E-state index in [0.717, 1.165) is 10.5 Å². The molecule has 2 aromatic carbocycles. The second-order valence-electron chi connectivity index (χ2n) is 3.76. The van der Waals surface area contributed by atoms with Gasteiger partial charge >= 0.3 is 0 Å². The summed E-state index contributed by atoms with van der Waals surface area (Å²) in [6.07, 6.45) is 0.554. The van der Waals surface area contributed by atoms with Crippen molar-refractivity contribution in [2.45, 2.75) is 16.2 Å². The van der Waals surface area contributed by atoms with Crippen LogP contribution in [0, 0.1) is 5.82 Å². The molecule has 0 unspecified atom stereocenters. The van der Waals surface area contributed by atoms with E-state index in [9.17, 15) is 9.50 Å². The van der Waals surface area contributed by atoms with Gasteiger partial charge in [0.15, 0.2) is 0 Å². The van der Waals surface area contributed by atoms with Crippen LogP contribution in [0.5, 0.6) is 5.75 Å². The van der Waals surface area contributed by atoms with Crippen molar-refractivity contribution >= 4 is 11.8 Å². The van der Waals surface area contributed by atoms with Crippen LogP contribution in [0.3, 0.4) is 0 Å².